The van der Waals surface area contributed by atoms with Crippen LogP contribution in [0.4, 0.5) is 0 Å². The number of pyridine rings is 1. The normalized spacial score (nSPS) is 20.2. The van der Waals surface area contributed by atoms with E-state index < -0.39 is 5.97 Å². The summed E-state index contributed by atoms with van der Waals surface area (Å²) in [5.41, 5.74) is 2.98. The summed E-state index contributed by atoms with van der Waals surface area (Å²) >= 11 is 0. The number of carbonyl (C=O) groups is 1. The van der Waals surface area contributed by atoms with Crippen LogP contribution in [0.5, 0.6) is 0 Å². The van der Waals surface area contributed by atoms with Crippen LogP contribution >= 0.6 is 0 Å². The molecule has 5 heteroatoms. The molecule has 1 fully saturated rings. The minimum Gasteiger partial charge on any atom is -0.480 e. The predicted octanol–water partition coefficient (Wildman–Crippen LogP) is 1.69. The molecule has 1 aliphatic rings. The van der Waals surface area contributed by atoms with Crippen molar-refractivity contribution < 1.29 is 9.90 Å². The maximum absolute atomic E-state index is 11.2. The van der Waals surface area contributed by atoms with Gasteiger partial charge < -0.3 is 9.51 Å². The van der Waals surface area contributed by atoms with Gasteiger partial charge in [0, 0.05) is 18.4 Å². The van der Waals surface area contributed by atoms with Gasteiger partial charge in [-0.1, -0.05) is 6.07 Å². The fourth-order valence-electron chi connectivity index (χ4n) is 2.78. The molecule has 19 heavy (non-hydrogen) atoms. The third-order valence-corrected chi connectivity index (χ3v) is 3.76. The monoisotopic (exact) mass is 259 g/mol. The first-order chi connectivity index (χ1) is 9.15. The van der Waals surface area contributed by atoms with Gasteiger partial charge in [0.1, 0.15) is 11.7 Å². The lowest BCUT2D eigenvalue weighted by Gasteiger charge is -2.19. The number of carboxylic acid groups (broad SMARTS) is 1. The molecule has 5 nitrogen and oxygen atoms in total. The molecule has 3 heterocycles. The summed E-state index contributed by atoms with van der Waals surface area (Å²) in [5.74, 6) is -0.725. The molecule has 0 radical (unpaired) electrons. The highest BCUT2D eigenvalue weighted by molar-refractivity contribution is 5.73. The van der Waals surface area contributed by atoms with E-state index in [0.29, 0.717) is 6.54 Å². The third kappa shape index (κ3) is 2.21. The maximum atomic E-state index is 11.2. The summed E-state index contributed by atoms with van der Waals surface area (Å²) in [6, 6.07) is 5.63. The maximum Gasteiger partial charge on any atom is 0.320 e. The van der Waals surface area contributed by atoms with Crippen molar-refractivity contribution in [3.8, 4) is 0 Å². The number of fused-ring (bicyclic) bond motifs is 1. The Bertz CT molecular complexity index is 620. The highest BCUT2D eigenvalue weighted by atomic mass is 16.4. The van der Waals surface area contributed by atoms with Crippen molar-refractivity contribution in [2.45, 2.75) is 32.4 Å². The van der Waals surface area contributed by atoms with Gasteiger partial charge in [-0.2, -0.15) is 0 Å². The fourth-order valence-corrected chi connectivity index (χ4v) is 2.78. The van der Waals surface area contributed by atoms with Crippen LogP contribution in [-0.4, -0.2) is 37.9 Å². The zero-order valence-electron chi connectivity index (χ0n) is 10.9. The van der Waals surface area contributed by atoms with Crippen molar-refractivity contribution in [1.29, 1.82) is 0 Å². The topological polar surface area (TPSA) is 57.8 Å². The summed E-state index contributed by atoms with van der Waals surface area (Å²) in [5, 5.41) is 9.18. The van der Waals surface area contributed by atoms with Crippen LogP contribution in [0.15, 0.2) is 24.4 Å². The number of likely N-dealkylation sites (tertiary alicyclic amines) is 1. The average molecular weight is 259 g/mol. The molecule has 1 N–H and O–H groups in total. The number of aliphatic carboxylic acids is 1. The number of aromatic nitrogens is 2. The molecule has 0 aliphatic carbocycles. The van der Waals surface area contributed by atoms with Crippen LogP contribution in [0.3, 0.4) is 0 Å². The van der Waals surface area contributed by atoms with Crippen molar-refractivity contribution in [1.82, 2.24) is 14.3 Å². The van der Waals surface area contributed by atoms with Gasteiger partial charge in [-0.15, -0.1) is 0 Å². The lowest BCUT2D eigenvalue weighted by molar-refractivity contribution is -0.142. The number of hydrogen-bond acceptors (Lipinski definition) is 3. The van der Waals surface area contributed by atoms with Gasteiger partial charge >= 0.3 is 5.97 Å². The Balaban J connectivity index is 1.85. The molecule has 0 unspecified atom stereocenters. The molecule has 1 atom stereocenters. The van der Waals surface area contributed by atoms with E-state index in [0.717, 1.165) is 36.4 Å². The summed E-state index contributed by atoms with van der Waals surface area (Å²) in [6.07, 6.45) is 3.69. The highest BCUT2D eigenvalue weighted by Gasteiger charge is 2.30. The minimum atomic E-state index is -0.725. The second kappa shape index (κ2) is 4.66. The largest absolute Gasteiger partial charge is 0.480 e. The zero-order chi connectivity index (χ0) is 13.4. The molecular weight excluding hydrogens is 242 g/mol. The van der Waals surface area contributed by atoms with Crippen LogP contribution in [0, 0.1) is 6.92 Å². The van der Waals surface area contributed by atoms with Crippen molar-refractivity contribution in [2.75, 3.05) is 6.54 Å². The quantitative estimate of drug-likeness (QED) is 0.911. The second-order valence-electron chi connectivity index (χ2n) is 5.09. The van der Waals surface area contributed by atoms with Gasteiger partial charge in [-0.25, -0.2) is 4.98 Å². The SMILES string of the molecule is Cc1cccc2nc(CN3CCC[C@H]3C(=O)O)cn12. The number of rotatable bonds is 3. The molecule has 0 bridgehead atoms. The van der Waals surface area contributed by atoms with Gasteiger partial charge in [0.15, 0.2) is 0 Å². The van der Waals surface area contributed by atoms with Crippen molar-refractivity contribution >= 4 is 11.6 Å². The van der Waals surface area contributed by atoms with Crippen LogP contribution in [0.1, 0.15) is 24.2 Å². The Hall–Kier alpha value is -1.88. The van der Waals surface area contributed by atoms with E-state index in [2.05, 4.69) is 4.98 Å². The fraction of sp³-hybridized carbons (Fsp3) is 0.429. The summed E-state index contributed by atoms with van der Waals surface area (Å²) in [6.45, 7) is 3.48. The Kier molecular flexibility index (Phi) is 2.98. The van der Waals surface area contributed by atoms with Gasteiger partial charge in [-0.05, 0) is 38.4 Å². The number of carboxylic acids is 1. The van der Waals surface area contributed by atoms with Gasteiger partial charge in [-0.3, -0.25) is 9.69 Å². The Labute approximate surface area is 111 Å². The summed E-state index contributed by atoms with van der Waals surface area (Å²) in [4.78, 5) is 17.7. The Morgan fingerprint density at radius 1 is 1.53 bits per heavy atom. The predicted molar refractivity (Wildman–Crippen MR) is 71.0 cm³/mol. The number of aryl methyl sites for hydroxylation is 1. The van der Waals surface area contributed by atoms with E-state index in [4.69, 9.17) is 0 Å². The smallest absolute Gasteiger partial charge is 0.320 e. The molecule has 2 aromatic rings. The number of nitrogens with zero attached hydrogens (tertiary/aromatic N) is 3. The number of hydrogen-bond donors (Lipinski definition) is 1. The minimum absolute atomic E-state index is 0.356. The summed E-state index contributed by atoms with van der Waals surface area (Å²) < 4.78 is 2.04. The van der Waals surface area contributed by atoms with Crippen LogP contribution in [0.2, 0.25) is 0 Å². The molecule has 1 aliphatic heterocycles. The molecule has 0 aromatic carbocycles. The lowest BCUT2D eigenvalue weighted by Crippen LogP contribution is -2.35. The van der Waals surface area contributed by atoms with E-state index in [1.165, 1.54) is 0 Å². The van der Waals surface area contributed by atoms with Gasteiger partial charge in [0.2, 0.25) is 0 Å². The standard InChI is InChI=1S/C14H17N3O2/c1-10-4-2-6-13-15-11(9-17(10)13)8-16-7-3-5-12(16)14(18)19/h2,4,6,9,12H,3,5,7-8H2,1H3,(H,18,19)/t12-/m0/s1. The van der Waals surface area contributed by atoms with E-state index in [-0.39, 0.29) is 6.04 Å². The molecule has 0 spiro atoms. The van der Waals surface area contributed by atoms with Gasteiger partial charge in [0.25, 0.3) is 0 Å². The molecule has 0 amide bonds. The Morgan fingerprint density at radius 3 is 3.11 bits per heavy atom. The second-order valence-corrected chi connectivity index (χ2v) is 5.09. The molecule has 1 saturated heterocycles. The van der Waals surface area contributed by atoms with Crippen LogP contribution < -0.4 is 0 Å². The zero-order valence-corrected chi connectivity index (χ0v) is 10.9. The Morgan fingerprint density at radius 2 is 2.37 bits per heavy atom. The van der Waals surface area contributed by atoms with E-state index in [9.17, 15) is 9.90 Å². The van der Waals surface area contributed by atoms with Crippen molar-refractivity contribution in [3.63, 3.8) is 0 Å². The highest BCUT2D eigenvalue weighted by Crippen LogP contribution is 2.20. The van der Waals surface area contributed by atoms with Crippen LogP contribution in [-0.2, 0) is 11.3 Å². The van der Waals surface area contributed by atoms with E-state index in [1.807, 2.05) is 40.6 Å². The van der Waals surface area contributed by atoms with Crippen molar-refractivity contribution in [2.24, 2.45) is 0 Å². The van der Waals surface area contributed by atoms with Gasteiger partial charge in [0.05, 0.1) is 5.69 Å². The van der Waals surface area contributed by atoms with Crippen molar-refractivity contribution in [3.05, 3.63) is 35.8 Å². The molecule has 2 aromatic heterocycles. The molecular formula is C14H17N3O2. The molecule has 3 rings (SSSR count). The van der Waals surface area contributed by atoms with E-state index >= 15 is 0 Å². The first kappa shape index (κ1) is 12.2. The lowest BCUT2D eigenvalue weighted by atomic mass is 10.2. The average Bonchev–Trinajstić information content (AvgIpc) is 2.96. The third-order valence-electron chi connectivity index (χ3n) is 3.76. The van der Waals surface area contributed by atoms with Crippen LogP contribution in [0.25, 0.3) is 5.65 Å². The first-order valence-corrected chi connectivity index (χ1v) is 6.55. The summed E-state index contributed by atoms with van der Waals surface area (Å²) in [7, 11) is 0. The number of imidazole rings is 1. The molecule has 0 saturated carbocycles. The van der Waals surface area contributed by atoms with E-state index in [1.54, 1.807) is 0 Å². The molecule has 100 valence electrons. The first-order valence-electron chi connectivity index (χ1n) is 6.55.